The average molecular weight is 317 g/mol. The monoisotopic (exact) mass is 317 g/mol. The summed E-state index contributed by atoms with van der Waals surface area (Å²) in [4.78, 5) is 21.1. The summed E-state index contributed by atoms with van der Waals surface area (Å²) in [5, 5.41) is 0. The Bertz CT molecular complexity index is 514. The van der Waals surface area contributed by atoms with E-state index in [0.717, 1.165) is 0 Å². The first-order valence-corrected chi connectivity index (χ1v) is 7.09. The second kappa shape index (κ2) is 7.04. The minimum atomic E-state index is -4.16. The van der Waals surface area contributed by atoms with Crippen molar-refractivity contribution in [2.45, 2.75) is 25.9 Å². The van der Waals surface area contributed by atoms with E-state index in [1.807, 2.05) is 0 Å². The molecule has 1 aromatic heterocycles. The van der Waals surface area contributed by atoms with Gasteiger partial charge in [-0.15, -0.1) is 0 Å². The molecule has 0 N–H and O–H groups in total. The van der Waals surface area contributed by atoms with E-state index in [4.69, 9.17) is 4.74 Å². The number of esters is 1. The van der Waals surface area contributed by atoms with Crippen LogP contribution in [-0.2, 0) is 4.74 Å². The number of hydrogen-bond donors (Lipinski definition) is 0. The molecule has 1 aromatic rings. The Balaban J connectivity index is 1.74. The van der Waals surface area contributed by atoms with E-state index in [1.54, 1.807) is 6.92 Å². The van der Waals surface area contributed by atoms with Crippen molar-refractivity contribution in [1.29, 1.82) is 0 Å². The molecule has 0 saturated carbocycles. The lowest BCUT2D eigenvalue weighted by atomic mass is 9.98. The Morgan fingerprint density at radius 3 is 2.68 bits per heavy atom. The van der Waals surface area contributed by atoms with Crippen molar-refractivity contribution < 1.29 is 22.7 Å². The van der Waals surface area contributed by atoms with Crippen molar-refractivity contribution in [2.75, 3.05) is 26.2 Å². The van der Waals surface area contributed by atoms with Gasteiger partial charge in [0.05, 0.1) is 13.2 Å². The number of hydrogen-bond acceptors (Lipinski definition) is 5. The third-order valence-corrected chi connectivity index (χ3v) is 3.55. The normalized spacial score (nSPS) is 17.5. The molecule has 0 spiro atoms. The molecule has 0 bridgehead atoms. The Morgan fingerprint density at radius 1 is 1.41 bits per heavy atom. The number of alkyl halides is 3. The van der Waals surface area contributed by atoms with Crippen LogP contribution in [0.5, 0.6) is 0 Å². The Kier molecular flexibility index (Phi) is 5.33. The van der Waals surface area contributed by atoms with E-state index in [0.29, 0.717) is 31.8 Å². The number of aryl methyl sites for hydroxylation is 1. The lowest BCUT2D eigenvalue weighted by molar-refractivity contribution is -0.148. The van der Waals surface area contributed by atoms with Crippen LogP contribution >= 0.6 is 0 Å². The summed E-state index contributed by atoms with van der Waals surface area (Å²) in [5.41, 5.74) is 0.196. The summed E-state index contributed by atoms with van der Waals surface area (Å²) in [6, 6.07) is 1.47. The fourth-order valence-corrected chi connectivity index (χ4v) is 2.40. The van der Waals surface area contributed by atoms with E-state index in [1.165, 1.54) is 17.2 Å². The van der Waals surface area contributed by atoms with Gasteiger partial charge in [0, 0.05) is 6.20 Å². The lowest BCUT2D eigenvalue weighted by Gasteiger charge is -2.31. The van der Waals surface area contributed by atoms with Crippen molar-refractivity contribution in [3.05, 3.63) is 23.8 Å². The molecule has 122 valence electrons. The molecule has 2 rings (SSSR count). The van der Waals surface area contributed by atoms with Crippen LogP contribution in [0.1, 0.15) is 29.2 Å². The average Bonchev–Trinajstić information content (AvgIpc) is 2.44. The van der Waals surface area contributed by atoms with Gasteiger partial charge in [0.1, 0.15) is 5.82 Å². The van der Waals surface area contributed by atoms with Gasteiger partial charge >= 0.3 is 12.1 Å². The molecule has 0 aliphatic carbocycles. The van der Waals surface area contributed by atoms with Gasteiger partial charge in [0.15, 0.2) is 5.69 Å². The highest BCUT2D eigenvalue weighted by Gasteiger charge is 2.32. The molecule has 0 atom stereocenters. The van der Waals surface area contributed by atoms with Gasteiger partial charge in [-0.25, -0.2) is 14.8 Å². The van der Waals surface area contributed by atoms with E-state index in [2.05, 4.69) is 9.97 Å². The Labute approximate surface area is 126 Å². The number of ether oxygens (including phenoxy) is 1. The van der Waals surface area contributed by atoms with Crippen LogP contribution in [0.2, 0.25) is 0 Å². The molecular weight excluding hydrogens is 299 g/mol. The van der Waals surface area contributed by atoms with Crippen LogP contribution in [0.3, 0.4) is 0 Å². The van der Waals surface area contributed by atoms with Crippen LogP contribution in [0.25, 0.3) is 0 Å². The number of likely N-dealkylation sites (tertiary alicyclic amines) is 1. The lowest BCUT2D eigenvalue weighted by Crippen LogP contribution is -2.40. The van der Waals surface area contributed by atoms with E-state index >= 15 is 0 Å². The van der Waals surface area contributed by atoms with Crippen molar-refractivity contribution in [2.24, 2.45) is 5.92 Å². The van der Waals surface area contributed by atoms with Crippen LogP contribution in [0.15, 0.2) is 12.3 Å². The SMILES string of the molecule is Cc1nccc(C(=O)OCC2CCN(CC(F)(F)F)CC2)n1. The predicted octanol–water partition coefficient (Wildman–Crippen LogP) is 2.22. The quantitative estimate of drug-likeness (QED) is 0.797. The number of piperidine rings is 1. The van der Waals surface area contributed by atoms with E-state index in [-0.39, 0.29) is 18.2 Å². The van der Waals surface area contributed by atoms with Gasteiger partial charge in [0.25, 0.3) is 0 Å². The molecule has 0 unspecified atom stereocenters. The van der Waals surface area contributed by atoms with Crippen molar-refractivity contribution in [3.8, 4) is 0 Å². The maximum absolute atomic E-state index is 12.3. The Hall–Kier alpha value is -1.70. The molecule has 0 radical (unpaired) electrons. The third-order valence-electron chi connectivity index (χ3n) is 3.55. The number of halogens is 3. The Morgan fingerprint density at radius 2 is 2.09 bits per heavy atom. The number of nitrogens with zero attached hydrogens (tertiary/aromatic N) is 3. The highest BCUT2D eigenvalue weighted by molar-refractivity contribution is 5.87. The summed E-state index contributed by atoms with van der Waals surface area (Å²) in [6.07, 6.45) is -1.50. The second-order valence-electron chi connectivity index (χ2n) is 5.42. The number of carbonyl (C=O) groups is 1. The smallest absolute Gasteiger partial charge is 0.401 e. The van der Waals surface area contributed by atoms with Crippen molar-refractivity contribution in [3.63, 3.8) is 0 Å². The number of rotatable bonds is 4. The minimum absolute atomic E-state index is 0.0939. The van der Waals surface area contributed by atoms with Gasteiger partial charge < -0.3 is 4.74 Å². The summed E-state index contributed by atoms with van der Waals surface area (Å²) < 4.78 is 42.1. The molecule has 5 nitrogen and oxygen atoms in total. The molecule has 22 heavy (non-hydrogen) atoms. The van der Waals surface area contributed by atoms with Crippen LogP contribution in [-0.4, -0.2) is 53.3 Å². The van der Waals surface area contributed by atoms with Crippen LogP contribution < -0.4 is 0 Å². The van der Waals surface area contributed by atoms with E-state index < -0.39 is 18.7 Å². The second-order valence-corrected chi connectivity index (χ2v) is 5.42. The van der Waals surface area contributed by atoms with Gasteiger partial charge in [-0.1, -0.05) is 0 Å². The molecule has 1 fully saturated rings. The predicted molar refractivity (Wildman–Crippen MR) is 72.3 cm³/mol. The zero-order chi connectivity index (χ0) is 16.2. The molecule has 0 aromatic carbocycles. The molecule has 0 amide bonds. The standard InChI is InChI=1S/C14H18F3N3O2/c1-10-18-5-2-12(19-10)13(21)22-8-11-3-6-20(7-4-11)9-14(15,16)17/h2,5,11H,3-4,6-9H2,1H3. The van der Waals surface area contributed by atoms with Crippen molar-refractivity contribution in [1.82, 2.24) is 14.9 Å². The zero-order valence-electron chi connectivity index (χ0n) is 12.3. The fourth-order valence-electron chi connectivity index (χ4n) is 2.40. The highest BCUT2D eigenvalue weighted by atomic mass is 19.4. The molecule has 1 aliphatic rings. The summed E-state index contributed by atoms with van der Waals surface area (Å²) in [7, 11) is 0. The fraction of sp³-hybridized carbons (Fsp3) is 0.643. The first-order chi connectivity index (χ1) is 10.3. The minimum Gasteiger partial charge on any atom is -0.461 e. The van der Waals surface area contributed by atoms with Crippen molar-refractivity contribution >= 4 is 5.97 Å². The summed E-state index contributed by atoms with van der Waals surface area (Å²) in [5.74, 6) is 0.0505. The van der Waals surface area contributed by atoms with Gasteiger partial charge in [-0.05, 0) is 44.8 Å². The first-order valence-electron chi connectivity index (χ1n) is 7.09. The molecule has 1 saturated heterocycles. The maximum Gasteiger partial charge on any atom is 0.401 e. The number of carbonyl (C=O) groups excluding carboxylic acids is 1. The molecule has 1 aliphatic heterocycles. The topological polar surface area (TPSA) is 55.3 Å². The van der Waals surface area contributed by atoms with Gasteiger partial charge in [-0.3, -0.25) is 4.90 Å². The molecule has 2 heterocycles. The highest BCUT2D eigenvalue weighted by Crippen LogP contribution is 2.22. The van der Waals surface area contributed by atoms with Gasteiger partial charge in [-0.2, -0.15) is 13.2 Å². The molecule has 8 heteroatoms. The zero-order valence-corrected chi connectivity index (χ0v) is 12.3. The largest absolute Gasteiger partial charge is 0.461 e. The third kappa shape index (κ3) is 5.25. The molecular formula is C14H18F3N3O2. The summed E-state index contributed by atoms with van der Waals surface area (Å²) >= 11 is 0. The first kappa shape index (κ1) is 16.7. The van der Waals surface area contributed by atoms with Gasteiger partial charge in [0.2, 0.25) is 0 Å². The summed E-state index contributed by atoms with van der Waals surface area (Å²) in [6.45, 7) is 1.75. The van der Waals surface area contributed by atoms with E-state index in [9.17, 15) is 18.0 Å². The maximum atomic E-state index is 12.3. The van der Waals surface area contributed by atoms with Crippen LogP contribution in [0.4, 0.5) is 13.2 Å². The number of aromatic nitrogens is 2. The van der Waals surface area contributed by atoms with Crippen LogP contribution in [0, 0.1) is 12.8 Å².